The van der Waals surface area contributed by atoms with Gasteiger partial charge < -0.3 is 15.0 Å². The number of fused-ring (bicyclic) bond motifs is 1. The SMILES string of the molecule is COc1ccc(NC(=O)C2CSCN2C(=O)CCn2cnc3ccccc3c2=O)cc1. The van der Waals surface area contributed by atoms with Crippen LogP contribution in [0.2, 0.25) is 0 Å². The number of methoxy groups -OCH3 is 1. The summed E-state index contributed by atoms with van der Waals surface area (Å²) < 4.78 is 6.56. The van der Waals surface area contributed by atoms with Crippen LogP contribution in [-0.4, -0.2) is 51.0 Å². The van der Waals surface area contributed by atoms with Gasteiger partial charge in [-0.25, -0.2) is 4.98 Å². The maximum Gasteiger partial charge on any atom is 0.261 e. The predicted octanol–water partition coefficient (Wildman–Crippen LogP) is 2.34. The third-order valence-electron chi connectivity index (χ3n) is 5.16. The van der Waals surface area contributed by atoms with Crippen molar-refractivity contribution in [2.75, 3.05) is 24.1 Å². The Morgan fingerprint density at radius 1 is 1.19 bits per heavy atom. The number of hydrogen-bond donors (Lipinski definition) is 1. The zero-order chi connectivity index (χ0) is 21.8. The number of carbonyl (C=O) groups excluding carboxylic acids is 2. The Labute approximate surface area is 183 Å². The van der Waals surface area contributed by atoms with Gasteiger partial charge in [-0.2, -0.15) is 0 Å². The van der Waals surface area contributed by atoms with Gasteiger partial charge in [0.2, 0.25) is 11.8 Å². The third-order valence-corrected chi connectivity index (χ3v) is 6.17. The molecule has 2 aromatic carbocycles. The van der Waals surface area contributed by atoms with Crippen molar-refractivity contribution in [1.82, 2.24) is 14.5 Å². The second kappa shape index (κ2) is 9.22. The molecule has 2 heterocycles. The number of nitrogens with zero attached hydrogens (tertiary/aromatic N) is 3. The Balaban J connectivity index is 1.40. The van der Waals surface area contributed by atoms with Gasteiger partial charge >= 0.3 is 0 Å². The summed E-state index contributed by atoms with van der Waals surface area (Å²) in [6.45, 7) is 0.212. The minimum absolute atomic E-state index is 0.118. The van der Waals surface area contributed by atoms with Gasteiger partial charge in [0.25, 0.3) is 5.56 Å². The highest BCUT2D eigenvalue weighted by Crippen LogP contribution is 2.24. The number of rotatable bonds is 6. The zero-order valence-corrected chi connectivity index (χ0v) is 17.8. The lowest BCUT2D eigenvalue weighted by atomic mass is 10.2. The molecule has 1 fully saturated rings. The highest BCUT2D eigenvalue weighted by Gasteiger charge is 2.34. The van der Waals surface area contributed by atoms with Gasteiger partial charge in [-0.3, -0.25) is 19.0 Å². The fourth-order valence-electron chi connectivity index (χ4n) is 3.43. The first-order valence-electron chi connectivity index (χ1n) is 9.83. The molecule has 1 aliphatic heterocycles. The van der Waals surface area contributed by atoms with Crippen molar-refractivity contribution in [2.45, 2.75) is 19.0 Å². The Bertz CT molecular complexity index is 1160. The molecule has 0 saturated carbocycles. The highest BCUT2D eigenvalue weighted by molar-refractivity contribution is 7.99. The van der Waals surface area contributed by atoms with Crippen LogP contribution < -0.4 is 15.6 Å². The Hall–Kier alpha value is -3.33. The summed E-state index contributed by atoms with van der Waals surface area (Å²) in [4.78, 5) is 44.0. The van der Waals surface area contributed by atoms with E-state index in [2.05, 4.69) is 10.3 Å². The van der Waals surface area contributed by atoms with Crippen molar-refractivity contribution in [3.63, 3.8) is 0 Å². The lowest BCUT2D eigenvalue weighted by Gasteiger charge is -2.23. The number of thioether (sulfide) groups is 1. The minimum atomic E-state index is -0.550. The van der Waals surface area contributed by atoms with E-state index in [1.165, 1.54) is 22.7 Å². The molecule has 1 atom stereocenters. The number of aryl methyl sites for hydroxylation is 1. The topological polar surface area (TPSA) is 93.5 Å². The number of carbonyl (C=O) groups is 2. The summed E-state index contributed by atoms with van der Waals surface area (Å²) in [5, 5.41) is 3.38. The molecule has 9 heteroatoms. The van der Waals surface area contributed by atoms with E-state index in [4.69, 9.17) is 4.74 Å². The number of aromatic nitrogens is 2. The van der Waals surface area contributed by atoms with Crippen molar-refractivity contribution in [3.8, 4) is 5.75 Å². The lowest BCUT2D eigenvalue weighted by Crippen LogP contribution is -2.44. The molecule has 31 heavy (non-hydrogen) atoms. The van der Waals surface area contributed by atoms with E-state index in [9.17, 15) is 14.4 Å². The normalized spacial score (nSPS) is 15.8. The number of ether oxygens (including phenoxy) is 1. The maximum absolute atomic E-state index is 12.8. The summed E-state index contributed by atoms with van der Waals surface area (Å²) >= 11 is 1.53. The van der Waals surface area contributed by atoms with Gasteiger partial charge in [0.15, 0.2) is 0 Å². The number of amides is 2. The summed E-state index contributed by atoms with van der Waals surface area (Å²) in [6, 6.07) is 13.6. The van der Waals surface area contributed by atoms with Crippen LogP contribution in [0, 0.1) is 0 Å². The average Bonchev–Trinajstić information content (AvgIpc) is 3.29. The first-order chi connectivity index (χ1) is 15.1. The van der Waals surface area contributed by atoms with Crippen molar-refractivity contribution >= 4 is 40.2 Å². The summed E-state index contributed by atoms with van der Waals surface area (Å²) in [6.07, 6.45) is 1.58. The van der Waals surface area contributed by atoms with Crippen LogP contribution in [0.15, 0.2) is 59.7 Å². The third kappa shape index (κ3) is 4.56. The molecule has 0 bridgehead atoms. The van der Waals surface area contributed by atoms with Gasteiger partial charge in [-0.15, -0.1) is 11.8 Å². The molecule has 3 aromatic rings. The number of para-hydroxylation sites is 1. The molecule has 0 radical (unpaired) electrons. The Morgan fingerprint density at radius 3 is 2.74 bits per heavy atom. The van der Waals surface area contributed by atoms with Gasteiger partial charge in [-0.05, 0) is 36.4 Å². The Morgan fingerprint density at radius 2 is 1.97 bits per heavy atom. The van der Waals surface area contributed by atoms with Gasteiger partial charge in [0, 0.05) is 24.4 Å². The van der Waals surface area contributed by atoms with E-state index in [0.29, 0.717) is 34.0 Å². The lowest BCUT2D eigenvalue weighted by molar-refractivity contribution is -0.136. The van der Waals surface area contributed by atoms with E-state index < -0.39 is 6.04 Å². The van der Waals surface area contributed by atoms with Crippen LogP contribution in [0.25, 0.3) is 10.9 Å². The highest BCUT2D eigenvalue weighted by atomic mass is 32.2. The van der Waals surface area contributed by atoms with Crippen molar-refractivity contribution in [3.05, 3.63) is 65.2 Å². The van der Waals surface area contributed by atoms with Crippen LogP contribution in [0.5, 0.6) is 5.75 Å². The first-order valence-corrected chi connectivity index (χ1v) is 11.0. The van der Waals surface area contributed by atoms with Crippen molar-refractivity contribution in [2.24, 2.45) is 0 Å². The molecule has 1 aromatic heterocycles. The van der Waals surface area contributed by atoms with Crippen LogP contribution >= 0.6 is 11.8 Å². The molecule has 1 N–H and O–H groups in total. The number of anilines is 1. The van der Waals surface area contributed by atoms with Gasteiger partial charge in [-0.1, -0.05) is 12.1 Å². The predicted molar refractivity (Wildman–Crippen MR) is 120 cm³/mol. The van der Waals surface area contributed by atoms with E-state index in [-0.39, 0.29) is 30.3 Å². The quantitative estimate of drug-likeness (QED) is 0.635. The second-order valence-corrected chi connectivity index (χ2v) is 8.11. The molecular formula is C22H22N4O4S. The number of benzene rings is 2. The zero-order valence-electron chi connectivity index (χ0n) is 17.0. The summed E-state index contributed by atoms with van der Waals surface area (Å²) in [5.41, 5.74) is 1.09. The van der Waals surface area contributed by atoms with Crippen molar-refractivity contribution < 1.29 is 14.3 Å². The first kappa shape index (κ1) is 20.9. The summed E-state index contributed by atoms with van der Waals surface area (Å²) in [5.74, 6) is 1.29. The fraction of sp³-hybridized carbons (Fsp3) is 0.273. The van der Waals surface area contributed by atoms with E-state index in [0.717, 1.165) is 0 Å². The molecule has 8 nitrogen and oxygen atoms in total. The average molecular weight is 439 g/mol. The smallest absolute Gasteiger partial charge is 0.261 e. The van der Waals surface area contributed by atoms with Crippen LogP contribution in [0.4, 0.5) is 5.69 Å². The molecule has 0 aliphatic carbocycles. The Kier molecular flexibility index (Phi) is 6.22. The monoisotopic (exact) mass is 438 g/mol. The van der Waals surface area contributed by atoms with E-state index in [1.54, 1.807) is 54.5 Å². The minimum Gasteiger partial charge on any atom is -0.497 e. The molecule has 1 unspecified atom stereocenters. The van der Waals surface area contributed by atoms with Gasteiger partial charge in [0.05, 0.1) is 30.2 Å². The summed E-state index contributed by atoms with van der Waals surface area (Å²) in [7, 11) is 1.58. The maximum atomic E-state index is 12.8. The fourth-order valence-corrected chi connectivity index (χ4v) is 4.61. The van der Waals surface area contributed by atoms with E-state index in [1.807, 2.05) is 6.07 Å². The van der Waals surface area contributed by atoms with E-state index >= 15 is 0 Å². The molecule has 160 valence electrons. The van der Waals surface area contributed by atoms with Crippen LogP contribution in [0.1, 0.15) is 6.42 Å². The molecule has 4 rings (SSSR count). The largest absolute Gasteiger partial charge is 0.497 e. The van der Waals surface area contributed by atoms with Gasteiger partial charge in [0.1, 0.15) is 11.8 Å². The number of nitrogens with one attached hydrogen (secondary N) is 1. The second-order valence-electron chi connectivity index (χ2n) is 7.11. The number of hydrogen-bond acceptors (Lipinski definition) is 6. The molecule has 2 amide bonds. The van der Waals surface area contributed by atoms with Crippen LogP contribution in [0.3, 0.4) is 0 Å². The molecule has 1 aliphatic rings. The molecule has 0 spiro atoms. The molecular weight excluding hydrogens is 416 g/mol. The van der Waals surface area contributed by atoms with Crippen molar-refractivity contribution in [1.29, 1.82) is 0 Å². The van der Waals surface area contributed by atoms with Crippen LogP contribution in [-0.2, 0) is 16.1 Å². The standard InChI is InChI=1S/C22H22N4O4S/c1-30-16-8-6-15(7-9-16)24-21(28)19-12-31-14-26(19)20(27)10-11-25-13-23-18-5-3-2-4-17(18)22(25)29/h2-9,13,19H,10-12,14H2,1H3,(H,24,28). The molecule has 1 saturated heterocycles.